The molecule has 0 amide bonds. The van der Waals surface area contributed by atoms with E-state index in [1.165, 1.54) is 0 Å². The number of nitrogens with one attached hydrogen (secondary N) is 2. The summed E-state index contributed by atoms with van der Waals surface area (Å²) in [5.74, 6) is 1.57. The van der Waals surface area contributed by atoms with E-state index in [4.69, 9.17) is 21.7 Å². The van der Waals surface area contributed by atoms with E-state index in [0.29, 0.717) is 18.5 Å². The van der Waals surface area contributed by atoms with E-state index in [-0.39, 0.29) is 0 Å². The van der Waals surface area contributed by atoms with Gasteiger partial charge in [0.2, 0.25) is 6.79 Å². The number of fused-ring (bicyclic) bond motifs is 1. The number of hydrogen-bond donors (Lipinski definition) is 2. The summed E-state index contributed by atoms with van der Waals surface area (Å²) < 4.78 is 10.6. The van der Waals surface area contributed by atoms with Crippen LogP contribution < -0.4 is 20.1 Å². The Morgan fingerprint density at radius 3 is 2.70 bits per heavy atom. The molecule has 0 atom stereocenters. The molecule has 2 N–H and O–H groups in total. The van der Waals surface area contributed by atoms with Crippen LogP contribution in [0.25, 0.3) is 0 Å². The lowest BCUT2D eigenvalue weighted by Gasteiger charge is -2.10. The molecule has 1 aliphatic rings. The maximum Gasteiger partial charge on any atom is 0.231 e. The number of benzene rings is 2. The third kappa shape index (κ3) is 3.00. The van der Waals surface area contributed by atoms with Crippen molar-refractivity contribution >= 4 is 23.0 Å². The van der Waals surface area contributed by atoms with Gasteiger partial charge >= 0.3 is 0 Å². The molecule has 0 aliphatic carbocycles. The van der Waals surface area contributed by atoms with Gasteiger partial charge in [-0.2, -0.15) is 0 Å². The van der Waals surface area contributed by atoms with Crippen molar-refractivity contribution in [3.05, 3.63) is 54.1 Å². The van der Waals surface area contributed by atoms with Crippen LogP contribution >= 0.6 is 12.2 Å². The Balaban J connectivity index is 1.55. The van der Waals surface area contributed by atoms with E-state index in [0.717, 1.165) is 22.7 Å². The molecule has 102 valence electrons. The van der Waals surface area contributed by atoms with E-state index in [2.05, 4.69) is 10.6 Å². The van der Waals surface area contributed by atoms with Crippen LogP contribution in [0.2, 0.25) is 0 Å². The Morgan fingerprint density at radius 1 is 1.05 bits per heavy atom. The zero-order valence-corrected chi connectivity index (χ0v) is 11.6. The summed E-state index contributed by atoms with van der Waals surface area (Å²) in [7, 11) is 0. The number of rotatable bonds is 3. The van der Waals surface area contributed by atoms with Gasteiger partial charge in [-0.25, -0.2) is 0 Å². The molecule has 0 fully saturated rings. The van der Waals surface area contributed by atoms with Gasteiger partial charge in [-0.05, 0) is 42.0 Å². The first-order valence-electron chi connectivity index (χ1n) is 6.30. The second-order valence-electron chi connectivity index (χ2n) is 4.36. The third-order valence-electron chi connectivity index (χ3n) is 2.92. The van der Waals surface area contributed by atoms with E-state index in [9.17, 15) is 0 Å². The minimum absolute atomic E-state index is 0.292. The van der Waals surface area contributed by atoms with Gasteiger partial charge < -0.3 is 20.1 Å². The van der Waals surface area contributed by atoms with E-state index < -0.39 is 0 Å². The molecule has 20 heavy (non-hydrogen) atoms. The molecule has 1 aliphatic heterocycles. The van der Waals surface area contributed by atoms with Crippen LogP contribution in [0.15, 0.2) is 48.5 Å². The summed E-state index contributed by atoms with van der Waals surface area (Å²) in [4.78, 5) is 0. The Hall–Kier alpha value is -2.27. The van der Waals surface area contributed by atoms with Crippen molar-refractivity contribution in [2.24, 2.45) is 0 Å². The van der Waals surface area contributed by atoms with Crippen LogP contribution in [-0.4, -0.2) is 11.9 Å². The van der Waals surface area contributed by atoms with Gasteiger partial charge in [0, 0.05) is 12.2 Å². The number of ether oxygens (including phenoxy) is 2. The fourth-order valence-corrected chi connectivity index (χ4v) is 2.12. The second-order valence-corrected chi connectivity index (χ2v) is 4.77. The molecule has 0 aromatic heterocycles. The number of anilines is 1. The zero-order valence-electron chi connectivity index (χ0n) is 10.8. The standard InChI is InChI=1S/C15H14N2O2S/c20-15(17-12-4-2-1-3-5-12)16-9-11-6-7-13-14(8-11)19-10-18-13/h1-8H,9-10H2,(H2,16,17,20). The molecule has 0 unspecified atom stereocenters. The minimum Gasteiger partial charge on any atom is -0.454 e. The van der Waals surface area contributed by atoms with Gasteiger partial charge in [-0.1, -0.05) is 24.3 Å². The third-order valence-corrected chi connectivity index (χ3v) is 3.17. The largest absolute Gasteiger partial charge is 0.454 e. The molecule has 3 rings (SSSR count). The zero-order chi connectivity index (χ0) is 13.8. The summed E-state index contributed by atoms with van der Waals surface area (Å²) in [5.41, 5.74) is 2.06. The molecule has 0 bridgehead atoms. The smallest absolute Gasteiger partial charge is 0.231 e. The van der Waals surface area contributed by atoms with Crippen LogP contribution in [-0.2, 0) is 6.54 Å². The van der Waals surface area contributed by atoms with Crippen LogP contribution in [0.3, 0.4) is 0 Å². The lowest BCUT2D eigenvalue weighted by atomic mass is 10.2. The highest BCUT2D eigenvalue weighted by Crippen LogP contribution is 2.32. The Kier molecular flexibility index (Phi) is 3.69. The number of thiocarbonyl (C=S) groups is 1. The van der Waals surface area contributed by atoms with Crippen molar-refractivity contribution in [3.63, 3.8) is 0 Å². The van der Waals surface area contributed by atoms with Crippen molar-refractivity contribution in [3.8, 4) is 11.5 Å². The summed E-state index contributed by atoms with van der Waals surface area (Å²) in [6.07, 6.45) is 0. The van der Waals surface area contributed by atoms with Crippen LogP contribution in [0.1, 0.15) is 5.56 Å². The SMILES string of the molecule is S=C(NCc1ccc2c(c1)OCO2)Nc1ccccc1. The Labute approximate surface area is 122 Å². The summed E-state index contributed by atoms with van der Waals surface area (Å²) in [5, 5.41) is 6.88. The topological polar surface area (TPSA) is 42.5 Å². The average Bonchev–Trinajstić information content (AvgIpc) is 2.93. The van der Waals surface area contributed by atoms with Gasteiger partial charge in [0.1, 0.15) is 0 Å². The maximum absolute atomic E-state index is 5.34. The Morgan fingerprint density at radius 2 is 1.85 bits per heavy atom. The fourth-order valence-electron chi connectivity index (χ4n) is 1.93. The first-order chi connectivity index (χ1) is 9.81. The minimum atomic E-state index is 0.292. The highest BCUT2D eigenvalue weighted by Gasteiger charge is 2.12. The lowest BCUT2D eigenvalue weighted by Crippen LogP contribution is -2.27. The second kappa shape index (κ2) is 5.79. The normalized spacial score (nSPS) is 12.0. The van der Waals surface area contributed by atoms with Gasteiger partial charge in [-0.15, -0.1) is 0 Å². The van der Waals surface area contributed by atoms with E-state index >= 15 is 0 Å². The summed E-state index contributed by atoms with van der Waals surface area (Å²) >= 11 is 5.26. The quantitative estimate of drug-likeness (QED) is 0.849. The lowest BCUT2D eigenvalue weighted by molar-refractivity contribution is 0.174. The monoisotopic (exact) mass is 286 g/mol. The van der Waals surface area contributed by atoms with Crippen LogP contribution in [0.5, 0.6) is 11.5 Å². The molecule has 0 saturated carbocycles. The van der Waals surface area contributed by atoms with Crippen LogP contribution in [0, 0.1) is 0 Å². The molecular weight excluding hydrogens is 272 g/mol. The van der Waals surface area contributed by atoms with Crippen molar-refractivity contribution in [2.75, 3.05) is 12.1 Å². The predicted molar refractivity (Wildman–Crippen MR) is 82.1 cm³/mol. The number of hydrogen-bond acceptors (Lipinski definition) is 3. The Bertz CT molecular complexity index is 617. The van der Waals surface area contributed by atoms with Crippen molar-refractivity contribution in [1.82, 2.24) is 5.32 Å². The van der Waals surface area contributed by atoms with Crippen molar-refractivity contribution in [1.29, 1.82) is 0 Å². The molecule has 2 aromatic rings. The van der Waals surface area contributed by atoms with Gasteiger partial charge in [0.15, 0.2) is 16.6 Å². The van der Waals surface area contributed by atoms with Gasteiger partial charge in [-0.3, -0.25) is 0 Å². The van der Waals surface area contributed by atoms with Crippen LogP contribution in [0.4, 0.5) is 5.69 Å². The number of para-hydroxylation sites is 1. The maximum atomic E-state index is 5.34. The molecule has 5 heteroatoms. The summed E-state index contributed by atoms with van der Waals surface area (Å²) in [6, 6.07) is 15.7. The molecule has 0 saturated heterocycles. The molecule has 1 heterocycles. The average molecular weight is 286 g/mol. The first kappa shape index (κ1) is 12.7. The van der Waals surface area contributed by atoms with E-state index in [1.807, 2.05) is 48.5 Å². The van der Waals surface area contributed by atoms with Gasteiger partial charge in [0.05, 0.1) is 0 Å². The van der Waals surface area contributed by atoms with E-state index in [1.54, 1.807) is 0 Å². The summed E-state index contributed by atoms with van der Waals surface area (Å²) in [6.45, 7) is 0.926. The highest BCUT2D eigenvalue weighted by atomic mass is 32.1. The predicted octanol–water partition coefficient (Wildman–Crippen LogP) is 2.90. The van der Waals surface area contributed by atoms with Gasteiger partial charge in [0.25, 0.3) is 0 Å². The molecular formula is C15H14N2O2S. The molecule has 0 spiro atoms. The highest BCUT2D eigenvalue weighted by molar-refractivity contribution is 7.80. The molecule has 2 aromatic carbocycles. The van der Waals surface area contributed by atoms with Crippen molar-refractivity contribution < 1.29 is 9.47 Å². The first-order valence-corrected chi connectivity index (χ1v) is 6.70. The molecule has 0 radical (unpaired) electrons. The molecule has 4 nitrogen and oxygen atoms in total. The fraction of sp³-hybridized carbons (Fsp3) is 0.133. The van der Waals surface area contributed by atoms with Crippen molar-refractivity contribution in [2.45, 2.75) is 6.54 Å².